The smallest absolute Gasteiger partial charge is 0.269 e. The summed E-state index contributed by atoms with van der Waals surface area (Å²) >= 11 is 7.40. The van der Waals surface area contributed by atoms with Crippen LogP contribution >= 0.6 is 23.4 Å². The summed E-state index contributed by atoms with van der Waals surface area (Å²) in [5, 5.41) is 12.8. The van der Waals surface area contributed by atoms with Crippen molar-refractivity contribution in [3.8, 4) is 11.8 Å². The number of benzene rings is 3. The number of halogens is 1. The predicted octanol–water partition coefficient (Wildman–Crippen LogP) is 5.72. The molecule has 0 aromatic heterocycles. The molecule has 6 nitrogen and oxygen atoms in total. The third kappa shape index (κ3) is 5.35. The van der Waals surface area contributed by atoms with Gasteiger partial charge in [-0.2, -0.15) is 5.26 Å². The number of para-hydroxylation sites is 1. The average Bonchev–Trinajstić information content (AvgIpc) is 3.17. The molecule has 0 radical (unpaired) electrons. The van der Waals surface area contributed by atoms with E-state index in [1.807, 2.05) is 61.5 Å². The van der Waals surface area contributed by atoms with Crippen molar-refractivity contribution >= 4 is 46.6 Å². The topological polar surface area (TPSA) is 82.4 Å². The second kappa shape index (κ2) is 10.7. The Morgan fingerprint density at radius 2 is 1.80 bits per heavy atom. The van der Waals surface area contributed by atoms with E-state index >= 15 is 0 Å². The normalized spacial score (nSPS) is 16.6. The first kappa shape index (κ1) is 24.4. The number of nitriles is 1. The second-order valence-electron chi connectivity index (χ2n) is 7.89. The number of aryl methyl sites for hydroxylation is 1. The Morgan fingerprint density at radius 1 is 1.11 bits per heavy atom. The molecule has 0 aliphatic carbocycles. The standard InChI is InChI=1S/C27H22ClN3O3S/c1-17-7-11-19(12-8-17)31-26(33)24(15-18-9-13-20(34-2)14-10-18)35-27(31)21(16-29)25(32)30-23-6-4-3-5-22(23)28/h3-14,24H,15H2,1-2H3,(H,30,32)/b27-21+/t24-/m0/s1. The maximum absolute atomic E-state index is 13.6. The highest BCUT2D eigenvalue weighted by atomic mass is 35.5. The molecule has 1 aliphatic heterocycles. The maximum Gasteiger partial charge on any atom is 0.269 e. The van der Waals surface area contributed by atoms with Gasteiger partial charge in [0.15, 0.2) is 0 Å². The summed E-state index contributed by atoms with van der Waals surface area (Å²) in [4.78, 5) is 28.2. The number of ether oxygens (including phenoxy) is 1. The van der Waals surface area contributed by atoms with Crippen molar-refractivity contribution in [2.45, 2.75) is 18.6 Å². The molecule has 0 spiro atoms. The predicted molar refractivity (Wildman–Crippen MR) is 139 cm³/mol. The van der Waals surface area contributed by atoms with Gasteiger partial charge in [-0.1, -0.05) is 65.3 Å². The van der Waals surface area contributed by atoms with E-state index in [0.29, 0.717) is 27.8 Å². The molecule has 176 valence electrons. The van der Waals surface area contributed by atoms with E-state index in [1.165, 1.54) is 16.7 Å². The Hall–Kier alpha value is -3.73. The van der Waals surface area contributed by atoms with Crippen LogP contribution in [0, 0.1) is 18.3 Å². The zero-order valence-electron chi connectivity index (χ0n) is 19.1. The van der Waals surface area contributed by atoms with Gasteiger partial charge in [0.2, 0.25) is 5.91 Å². The number of thioether (sulfide) groups is 1. The molecule has 4 rings (SSSR count). The van der Waals surface area contributed by atoms with E-state index in [-0.39, 0.29) is 11.5 Å². The highest BCUT2D eigenvalue weighted by Crippen LogP contribution is 2.42. The lowest BCUT2D eigenvalue weighted by Gasteiger charge is -2.19. The summed E-state index contributed by atoms with van der Waals surface area (Å²) in [5.74, 6) is -0.0925. The number of rotatable bonds is 6. The fourth-order valence-electron chi connectivity index (χ4n) is 3.64. The van der Waals surface area contributed by atoms with Crippen LogP contribution in [-0.4, -0.2) is 24.2 Å². The molecular weight excluding hydrogens is 482 g/mol. The van der Waals surface area contributed by atoms with Crippen molar-refractivity contribution in [3.63, 3.8) is 0 Å². The van der Waals surface area contributed by atoms with Crippen LogP contribution in [0.1, 0.15) is 11.1 Å². The molecule has 1 heterocycles. The molecule has 1 saturated heterocycles. The minimum atomic E-state index is -0.627. The van der Waals surface area contributed by atoms with Crippen molar-refractivity contribution in [2.24, 2.45) is 0 Å². The zero-order valence-corrected chi connectivity index (χ0v) is 20.7. The number of hydrogen-bond acceptors (Lipinski definition) is 5. The molecule has 8 heteroatoms. The summed E-state index contributed by atoms with van der Waals surface area (Å²) in [5.41, 5.74) is 2.81. The minimum Gasteiger partial charge on any atom is -0.497 e. The van der Waals surface area contributed by atoms with Crippen molar-refractivity contribution in [1.29, 1.82) is 5.26 Å². The van der Waals surface area contributed by atoms with Crippen molar-refractivity contribution < 1.29 is 14.3 Å². The van der Waals surface area contributed by atoms with Crippen molar-refractivity contribution in [3.05, 3.63) is 99.5 Å². The summed E-state index contributed by atoms with van der Waals surface area (Å²) in [6, 6.07) is 23.7. The molecular formula is C27H22ClN3O3S. The van der Waals surface area contributed by atoms with Gasteiger partial charge in [-0.05, 0) is 55.3 Å². The Balaban J connectivity index is 1.71. The third-order valence-corrected chi connectivity index (χ3v) is 7.09. The Kier molecular flexibility index (Phi) is 7.45. The summed E-state index contributed by atoms with van der Waals surface area (Å²) in [6.07, 6.45) is 0.435. The zero-order chi connectivity index (χ0) is 24.9. The number of carbonyl (C=O) groups excluding carboxylic acids is 2. The van der Waals surface area contributed by atoms with Gasteiger partial charge in [0, 0.05) is 5.69 Å². The molecule has 0 unspecified atom stereocenters. The molecule has 1 fully saturated rings. The average molecular weight is 504 g/mol. The SMILES string of the molecule is COc1ccc(C[C@@H]2S/C(=C(\C#N)C(=O)Nc3ccccc3Cl)N(c3ccc(C)cc3)C2=O)cc1. The first-order valence-electron chi connectivity index (χ1n) is 10.8. The molecule has 1 aliphatic rings. The van der Waals surface area contributed by atoms with Crippen LogP contribution in [0.3, 0.4) is 0 Å². The minimum absolute atomic E-state index is 0.152. The van der Waals surface area contributed by atoms with E-state index in [4.69, 9.17) is 16.3 Å². The van der Waals surface area contributed by atoms with Crippen LogP contribution < -0.4 is 15.0 Å². The molecule has 3 aromatic rings. The Labute approximate surface area is 213 Å². The number of nitrogens with one attached hydrogen (secondary N) is 1. The lowest BCUT2D eigenvalue weighted by Crippen LogP contribution is -2.30. The van der Waals surface area contributed by atoms with Gasteiger partial charge >= 0.3 is 0 Å². The van der Waals surface area contributed by atoms with E-state index in [2.05, 4.69) is 5.32 Å². The van der Waals surface area contributed by atoms with Gasteiger partial charge in [0.05, 0.1) is 23.1 Å². The highest BCUT2D eigenvalue weighted by molar-refractivity contribution is 8.05. The van der Waals surface area contributed by atoms with Crippen LogP contribution in [0.5, 0.6) is 5.75 Å². The number of nitrogens with zero attached hydrogens (tertiary/aromatic N) is 2. The van der Waals surface area contributed by atoms with Crippen LogP contribution in [-0.2, 0) is 16.0 Å². The van der Waals surface area contributed by atoms with Gasteiger partial charge < -0.3 is 10.1 Å². The fourth-order valence-corrected chi connectivity index (χ4v) is 5.13. The molecule has 1 atom stereocenters. The second-order valence-corrected chi connectivity index (χ2v) is 9.49. The van der Waals surface area contributed by atoms with Crippen LogP contribution in [0.4, 0.5) is 11.4 Å². The lowest BCUT2D eigenvalue weighted by molar-refractivity contribution is -0.117. The number of amides is 2. The fraction of sp³-hybridized carbons (Fsp3) is 0.148. The summed E-state index contributed by atoms with van der Waals surface area (Å²) in [6.45, 7) is 1.95. The Morgan fingerprint density at radius 3 is 2.43 bits per heavy atom. The van der Waals surface area contributed by atoms with Gasteiger partial charge in [-0.25, -0.2) is 0 Å². The van der Waals surface area contributed by atoms with Crippen LogP contribution in [0.15, 0.2) is 83.4 Å². The first-order chi connectivity index (χ1) is 16.9. The number of methoxy groups -OCH3 is 1. The first-order valence-corrected chi connectivity index (χ1v) is 12.1. The summed E-state index contributed by atoms with van der Waals surface area (Å²) < 4.78 is 5.21. The molecule has 3 aromatic carbocycles. The monoisotopic (exact) mass is 503 g/mol. The van der Waals surface area contributed by atoms with Gasteiger partial charge in [0.1, 0.15) is 22.4 Å². The Bertz CT molecular complexity index is 1330. The van der Waals surface area contributed by atoms with E-state index in [0.717, 1.165) is 16.9 Å². The van der Waals surface area contributed by atoms with Crippen LogP contribution in [0.25, 0.3) is 0 Å². The molecule has 0 bridgehead atoms. The largest absolute Gasteiger partial charge is 0.497 e. The maximum atomic E-state index is 13.6. The lowest BCUT2D eigenvalue weighted by atomic mass is 10.1. The highest BCUT2D eigenvalue weighted by Gasteiger charge is 2.40. The van der Waals surface area contributed by atoms with Crippen LogP contribution in [0.2, 0.25) is 5.02 Å². The van der Waals surface area contributed by atoms with E-state index in [9.17, 15) is 14.9 Å². The van der Waals surface area contributed by atoms with Crippen molar-refractivity contribution in [2.75, 3.05) is 17.3 Å². The van der Waals surface area contributed by atoms with Gasteiger partial charge in [-0.15, -0.1) is 0 Å². The number of hydrogen-bond donors (Lipinski definition) is 1. The molecule has 0 saturated carbocycles. The summed E-state index contributed by atoms with van der Waals surface area (Å²) in [7, 11) is 1.60. The molecule has 1 N–H and O–H groups in total. The number of anilines is 2. The van der Waals surface area contributed by atoms with Gasteiger partial charge in [-0.3, -0.25) is 14.5 Å². The molecule has 2 amide bonds. The van der Waals surface area contributed by atoms with Gasteiger partial charge in [0.25, 0.3) is 5.91 Å². The van der Waals surface area contributed by atoms with Crippen molar-refractivity contribution in [1.82, 2.24) is 0 Å². The quantitative estimate of drug-likeness (QED) is 0.343. The van der Waals surface area contributed by atoms with E-state index < -0.39 is 11.2 Å². The number of carbonyl (C=O) groups is 2. The third-order valence-electron chi connectivity index (χ3n) is 5.50. The van der Waals surface area contributed by atoms with E-state index in [1.54, 1.807) is 31.4 Å². The molecule has 35 heavy (non-hydrogen) atoms.